The molecule has 0 amide bonds. The molecule has 0 bridgehead atoms. The van der Waals surface area contributed by atoms with Crippen LogP contribution in [0, 0.1) is 0 Å². The van der Waals surface area contributed by atoms with E-state index in [1.165, 1.54) is 11.1 Å². The molecule has 2 aromatic heterocycles. The van der Waals surface area contributed by atoms with Crippen molar-refractivity contribution >= 4 is 0 Å². The van der Waals surface area contributed by atoms with Gasteiger partial charge in [-0.25, -0.2) is 9.97 Å². The van der Waals surface area contributed by atoms with E-state index in [0.29, 0.717) is 0 Å². The fourth-order valence-corrected chi connectivity index (χ4v) is 4.19. The number of aromatic nitrogens is 3. The van der Waals surface area contributed by atoms with Crippen molar-refractivity contribution in [2.75, 3.05) is 20.8 Å². The molecule has 0 atom stereocenters. The first-order valence-corrected chi connectivity index (χ1v) is 11.0. The minimum absolute atomic E-state index is 0.776. The van der Waals surface area contributed by atoms with Gasteiger partial charge in [0.15, 0.2) is 5.82 Å². The topological polar surface area (TPSA) is 60.4 Å². The predicted molar refractivity (Wildman–Crippen MR) is 128 cm³/mol. The highest BCUT2D eigenvalue weighted by Crippen LogP contribution is 2.32. The molecular formula is C27H26N4O2. The number of ether oxygens (including phenoxy) is 2. The standard InChI is InChI=1S/C27H26N4O2/c1-32-22-9-11-26(33-2)23(14-22)25-10-8-19(15-28-25)17-31-13-12-24-21(18-31)16-29-27(30-24)20-6-4-3-5-7-20/h3-11,14-16H,12-13,17-18H2,1-2H3. The minimum Gasteiger partial charge on any atom is -0.497 e. The molecule has 0 unspecified atom stereocenters. The van der Waals surface area contributed by atoms with Crippen LogP contribution in [0.1, 0.15) is 16.8 Å². The van der Waals surface area contributed by atoms with Crippen molar-refractivity contribution in [3.8, 4) is 34.1 Å². The van der Waals surface area contributed by atoms with Crippen LogP contribution in [0.4, 0.5) is 0 Å². The fourth-order valence-electron chi connectivity index (χ4n) is 4.19. The molecule has 0 saturated heterocycles. The lowest BCUT2D eigenvalue weighted by Crippen LogP contribution is -2.31. The molecule has 4 aromatic rings. The largest absolute Gasteiger partial charge is 0.497 e. The van der Waals surface area contributed by atoms with Crippen molar-refractivity contribution < 1.29 is 9.47 Å². The SMILES string of the molecule is COc1ccc(OC)c(-c2ccc(CN3CCc4nc(-c5ccccc5)ncc4C3)cn2)c1. The second-order valence-corrected chi connectivity index (χ2v) is 8.11. The maximum Gasteiger partial charge on any atom is 0.159 e. The zero-order valence-electron chi connectivity index (χ0n) is 18.9. The molecule has 1 aliphatic heterocycles. The Bertz CT molecular complexity index is 1240. The third-order valence-electron chi connectivity index (χ3n) is 5.96. The Morgan fingerprint density at radius 1 is 0.909 bits per heavy atom. The first-order chi connectivity index (χ1) is 16.2. The molecule has 0 aliphatic carbocycles. The summed E-state index contributed by atoms with van der Waals surface area (Å²) in [4.78, 5) is 16.5. The Hall–Kier alpha value is -3.77. The van der Waals surface area contributed by atoms with Gasteiger partial charge in [-0.1, -0.05) is 36.4 Å². The summed E-state index contributed by atoms with van der Waals surface area (Å²) in [5.41, 5.74) is 6.36. The quantitative estimate of drug-likeness (QED) is 0.432. The van der Waals surface area contributed by atoms with Crippen molar-refractivity contribution in [3.63, 3.8) is 0 Å². The molecule has 3 heterocycles. The van der Waals surface area contributed by atoms with Crippen LogP contribution in [-0.2, 0) is 19.5 Å². The second kappa shape index (κ2) is 9.38. The average Bonchev–Trinajstić information content (AvgIpc) is 2.89. The molecule has 0 fully saturated rings. The van der Waals surface area contributed by atoms with Crippen LogP contribution in [-0.4, -0.2) is 40.6 Å². The zero-order valence-corrected chi connectivity index (χ0v) is 18.9. The van der Waals surface area contributed by atoms with E-state index in [2.05, 4.69) is 28.1 Å². The summed E-state index contributed by atoms with van der Waals surface area (Å²) in [5.74, 6) is 2.36. The summed E-state index contributed by atoms with van der Waals surface area (Å²) in [7, 11) is 3.33. The highest BCUT2D eigenvalue weighted by molar-refractivity contribution is 5.69. The van der Waals surface area contributed by atoms with Gasteiger partial charge in [0.05, 0.1) is 25.6 Å². The van der Waals surface area contributed by atoms with Gasteiger partial charge in [-0.15, -0.1) is 0 Å². The minimum atomic E-state index is 0.776. The van der Waals surface area contributed by atoms with E-state index in [1.807, 2.05) is 54.9 Å². The van der Waals surface area contributed by atoms with E-state index in [9.17, 15) is 0 Å². The molecule has 5 rings (SSSR count). The zero-order chi connectivity index (χ0) is 22.6. The number of hydrogen-bond donors (Lipinski definition) is 0. The van der Waals surface area contributed by atoms with Gasteiger partial charge in [0.1, 0.15) is 11.5 Å². The third-order valence-corrected chi connectivity index (χ3v) is 5.96. The van der Waals surface area contributed by atoms with Crippen LogP contribution in [0.25, 0.3) is 22.6 Å². The molecule has 0 spiro atoms. The molecule has 2 aromatic carbocycles. The van der Waals surface area contributed by atoms with Gasteiger partial charge < -0.3 is 9.47 Å². The Kier molecular flexibility index (Phi) is 6.00. The van der Waals surface area contributed by atoms with Crippen LogP contribution in [0.2, 0.25) is 0 Å². The second-order valence-electron chi connectivity index (χ2n) is 8.11. The van der Waals surface area contributed by atoms with E-state index in [4.69, 9.17) is 19.4 Å². The van der Waals surface area contributed by atoms with Gasteiger partial charge >= 0.3 is 0 Å². The van der Waals surface area contributed by atoms with E-state index < -0.39 is 0 Å². The van der Waals surface area contributed by atoms with Gasteiger partial charge in [-0.3, -0.25) is 9.88 Å². The molecule has 0 radical (unpaired) electrons. The third kappa shape index (κ3) is 4.56. The lowest BCUT2D eigenvalue weighted by molar-refractivity contribution is 0.242. The Morgan fingerprint density at radius 3 is 2.55 bits per heavy atom. The molecule has 33 heavy (non-hydrogen) atoms. The normalized spacial score (nSPS) is 13.4. The predicted octanol–water partition coefficient (Wildman–Crippen LogP) is 4.78. The molecule has 1 aliphatic rings. The maximum atomic E-state index is 5.51. The van der Waals surface area contributed by atoms with E-state index in [1.54, 1.807) is 14.2 Å². The molecule has 0 N–H and O–H groups in total. The van der Waals surface area contributed by atoms with E-state index >= 15 is 0 Å². The molecule has 166 valence electrons. The van der Waals surface area contributed by atoms with Crippen LogP contribution >= 0.6 is 0 Å². The van der Waals surface area contributed by atoms with Crippen molar-refractivity contribution in [3.05, 3.63) is 89.9 Å². The van der Waals surface area contributed by atoms with Crippen LogP contribution < -0.4 is 9.47 Å². The van der Waals surface area contributed by atoms with E-state index in [0.717, 1.165) is 65.9 Å². The molecular weight excluding hydrogens is 412 g/mol. The maximum absolute atomic E-state index is 5.51. The van der Waals surface area contributed by atoms with Gasteiger partial charge in [0.25, 0.3) is 0 Å². The highest BCUT2D eigenvalue weighted by Gasteiger charge is 2.19. The van der Waals surface area contributed by atoms with Crippen LogP contribution in [0.3, 0.4) is 0 Å². The first kappa shape index (κ1) is 21.1. The number of methoxy groups -OCH3 is 2. The van der Waals surface area contributed by atoms with Gasteiger partial charge in [0, 0.05) is 55.1 Å². The highest BCUT2D eigenvalue weighted by atomic mass is 16.5. The Labute approximate surface area is 193 Å². The Morgan fingerprint density at radius 2 is 1.79 bits per heavy atom. The molecule has 0 saturated carbocycles. The number of pyridine rings is 1. The van der Waals surface area contributed by atoms with Gasteiger partial charge in [-0.2, -0.15) is 0 Å². The van der Waals surface area contributed by atoms with Crippen LogP contribution in [0.15, 0.2) is 73.1 Å². The van der Waals surface area contributed by atoms with Crippen LogP contribution in [0.5, 0.6) is 11.5 Å². The summed E-state index contributed by atoms with van der Waals surface area (Å²) >= 11 is 0. The summed E-state index contributed by atoms with van der Waals surface area (Å²) < 4.78 is 10.9. The van der Waals surface area contributed by atoms with Crippen molar-refractivity contribution in [1.82, 2.24) is 19.9 Å². The number of nitrogens with zero attached hydrogens (tertiary/aromatic N) is 4. The van der Waals surface area contributed by atoms with E-state index in [-0.39, 0.29) is 0 Å². The summed E-state index contributed by atoms with van der Waals surface area (Å²) in [5, 5.41) is 0. The summed E-state index contributed by atoms with van der Waals surface area (Å²) in [6.45, 7) is 2.64. The smallest absolute Gasteiger partial charge is 0.159 e. The monoisotopic (exact) mass is 438 g/mol. The summed E-state index contributed by atoms with van der Waals surface area (Å²) in [6.07, 6.45) is 4.84. The Balaban J connectivity index is 1.29. The molecule has 6 heteroatoms. The summed E-state index contributed by atoms with van der Waals surface area (Å²) in [6, 6.07) is 20.1. The van der Waals surface area contributed by atoms with Gasteiger partial charge in [-0.05, 0) is 29.8 Å². The van der Waals surface area contributed by atoms with Crippen molar-refractivity contribution in [1.29, 1.82) is 0 Å². The lowest BCUT2D eigenvalue weighted by atomic mass is 10.1. The number of rotatable bonds is 6. The molecule has 6 nitrogen and oxygen atoms in total. The lowest BCUT2D eigenvalue weighted by Gasteiger charge is -2.28. The van der Waals surface area contributed by atoms with Crippen molar-refractivity contribution in [2.45, 2.75) is 19.5 Å². The number of benzene rings is 2. The van der Waals surface area contributed by atoms with Gasteiger partial charge in [0.2, 0.25) is 0 Å². The van der Waals surface area contributed by atoms with Crippen molar-refractivity contribution in [2.24, 2.45) is 0 Å². The number of hydrogen-bond acceptors (Lipinski definition) is 6. The first-order valence-electron chi connectivity index (χ1n) is 11.0. The average molecular weight is 439 g/mol. The number of fused-ring (bicyclic) bond motifs is 1. The fraction of sp³-hybridized carbons (Fsp3) is 0.222.